The first kappa shape index (κ1) is 22.5. The standard InChI is InChI=1S/C27H27ClN2O4/c28-23-14-18(15-24-25(23)34-13-5-12-33-24)16-29-26(31)20-8-4-11-30(17-20)27(32)22-10-3-7-19-6-1-2-9-21(19)22/h1-3,6-7,9-10,14-15,20H,4-5,8,11-13,16-17H2,(H,29,31). The van der Waals surface area contributed by atoms with E-state index >= 15 is 0 Å². The molecule has 34 heavy (non-hydrogen) atoms. The molecule has 5 rings (SSSR count). The van der Waals surface area contributed by atoms with Gasteiger partial charge in [-0.2, -0.15) is 0 Å². The molecule has 1 fully saturated rings. The van der Waals surface area contributed by atoms with Crippen molar-refractivity contribution >= 4 is 34.2 Å². The molecule has 3 aromatic carbocycles. The van der Waals surface area contributed by atoms with Crippen LogP contribution >= 0.6 is 11.6 Å². The van der Waals surface area contributed by atoms with Crippen LogP contribution in [0.2, 0.25) is 5.02 Å². The van der Waals surface area contributed by atoms with E-state index in [1.165, 1.54) is 0 Å². The highest BCUT2D eigenvalue weighted by Gasteiger charge is 2.29. The number of hydrogen-bond acceptors (Lipinski definition) is 4. The summed E-state index contributed by atoms with van der Waals surface area (Å²) in [6, 6.07) is 17.3. The molecule has 1 unspecified atom stereocenters. The van der Waals surface area contributed by atoms with Crippen LogP contribution in [0.25, 0.3) is 10.8 Å². The van der Waals surface area contributed by atoms with Crippen LogP contribution in [0.5, 0.6) is 11.5 Å². The number of carbonyl (C=O) groups is 2. The van der Waals surface area contributed by atoms with Gasteiger partial charge < -0.3 is 19.7 Å². The number of fused-ring (bicyclic) bond motifs is 2. The van der Waals surface area contributed by atoms with Gasteiger partial charge in [-0.1, -0.05) is 48.0 Å². The summed E-state index contributed by atoms with van der Waals surface area (Å²) in [5, 5.41) is 5.47. The molecule has 2 amide bonds. The topological polar surface area (TPSA) is 67.9 Å². The molecule has 0 saturated carbocycles. The molecule has 2 aliphatic heterocycles. The summed E-state index contributed by atoms with van der Waals surface area (Å²) in [5.41, 5.74) is 1.53. The lowest BCUT2D eigenvalue weighted by molar-refractivity contribution is -0.126. The van der Waals surface area contributed by atoms with Crippen LogP contribution in [0.15, 0.2) is 54.6 Å². The molecular formula is C27H27ClN2O4. The van der Waals surface area contributed by atoms with Crippen LogP contribution in [0, 0.1) is 5.92 Å². The van der Waals surface area contributed by atoms with E-state index < -0.39 is 0 Å². The number of carbonyl (C=O) groups excluding carboxylic acids is 2. The number of nitrogens with zero attached hydrogens (tertiary/aromatic N) is 1. The minimum absolute atomic E-state index is 0.0241. The van der Waals surface area contributed by atoms with E-state index in [2.05, 4.69) is 5.32 Å². The predicted molar refractivity (Wildman–Crippen MR) is 131 cm³/mol. The van der Waals surface area contributed by atoms with Gasteiger partial charge in [0.25, 0.3) is 5.91 Å². The predicted octanol–water partition coefficient (Wildman–Crippen LogP) is 4.82. The van der Waals surface area contributed by atoms with E-state index in [9.17, 15) is 9.59 Å². The fourth-order valence-electron chi connectivity index (χ4n) is 4.68. The van der Waals surface area contributed by atoms with Crippen LogP contribution in [0.1, 0.15) is 35.2 Å². The second-order valence-corrected chi connectivity index (χ2v) is 9.20. The third-order valence-electron chi connectivity index (χ3n) is 6.43. The normalized spacial score (nSPS) is 17.8. The van der Waals surface area contributed by atoms with Crippen molar-refractivity contribution in [3.8, 4) is 11.5 Å². The molecule has 1 atom stereocenters. The van der Waals surface area contributed by atoms with Crippen molar-refractivity contribution in [2.45, 2.75) is 25.8 Å². The first-order chi connectivity index (χ1) is 16.6. The van der Waals surface area contributed by atoms with Gasteiger partial charge in [-0.05, 0) is 47.4 Å². The summed E-state index contributed by atoms with van der Waals surface area (Å²) in [6.45, 7) is 2.54. The lowest BCUT2D eigenvalue weighted by atomic mass is 9.95. The van der Waals surface area contributed by atoms with Crippen molar-refractivity contribution in [3.63, 3.8) is 0 Å². The van der Waals surface area contributed by atoms with Crippen LogP contribution < -0.4 is 14.8 Å². The maximum absolute atomic E-state index is 13.3. The van der Waals surface area contributed by atoms with Gasteiger partial charge in [0.15, 0.2) is 11.5 Å². The number of rotatable bonds is 4. The Labute approximate surface area is 203 Å². The molecule has 3 aromatic rings. The number of amides is 2. The molecule has 2 heterocycles. The van der Waals surface area contributed by atoms with Crippen LogP contribution in [-0.2, 0) is 11.3 Å². The molecule has 0 aromatic heterocycles. The maximum Gasteiger partial charge on any atom is 0.254 e. The molecule has 0 aliphatic carbocycles. The Hall–Kier alpha value is -3.25. The number of ether oxygens (including phenoxy) is 2. The number of hydrogen-bond donors (Lipinski definition) is 1. The minimum atomic E-state index is -0.247. The molecule has 176 valence electrons. The Kier molecular flexibility index (Phi) is 6.59. The lowest BCUT2D eigenvalue weighted by Gasteiger charge is -2.32. The van der Waals surface area contributed by atoms with E-state index in [1.54, 1.807) is 11.0 Å². The highest BCUT2D eigenvalue weighted by Crippen LogP contribution is 2.38. The van der Waals surface area contributed by atoms with Crippen LogP contribution in [0.3, 0.4) is 0 Å². The van der Waals surface area contributed by atoms with Crippen molar-refractivity contribution in [2.24, 2.45) is 5.92 Å². The number of benzene rings is 3. The van der Waals surface area contributed by atoms with Crippen LogP contribution in [-0.4, -0.2) is 43.0 Å². The first-order valence-corrected chi connectivity index (χ1v) is 12.1. The Bertz CT molecular complexity index is 1220. The summed E-state index contributed by atoms with van der Waals surface area (Å²) in [7, 11) is 0. The Morgan fingerprint density at radius 1 is 1.03 bits per heavy atom. The summed E-state index contributed by atoms with van der Waals surface area (Å²) >= 11 is 6.38. The molecule has 6 nitrogen and oxygen atoms in total. The molecule has 0 radical (unpaired) electrons. The molecule has 1 N–H and O–H groups in total. The number of halogens is 1. The minimum Gasteiger partial charge on any atom is -0.489 e. The third kappa shape index (κ3) is 4.68. The van der Waals surface area contributed by atoms with Gasteiger partial charge >= 0.3 is 0 Å². The summed E-state index contributed by atoms with van der Waals surface area (Å²) < 4.78 is 11.4. The lowest BCUT2D eigenvalue weighted by Crippen LogP contribution is -2.45. The van der Waals surface area contributed by atoms with Gasteiger partial charge in [0.1, 0.15) is 0 Å². The summed E-state index contributed by atoms with van der Waals surface area (Å²) in [6.07, 6.45) is 2.35. The van der Waals surface area contributed by atoms with E-state index in [0.29, 0.717) is 54.9 Å². The van der Waals surface area contributed by atoms with Gasteiger partial charge in [0.05, 0.1) is 24.2 Å². The molecular weight excluding hydrogens is 452 g/mol. The Morgan fingerprint density at radius 2 is 1.85 bits per heavy atom. The Morgan fingerprint density at radius 3 is 2.76 bits per heavy atom. The molecule has 2 aliphatic rings. The fraction of sp³-hybridized carbons (Fsp3) is 0.333. The zero-order valence-corrected chi connectivity index (χ0v) is 19.6. The maximum atomic E-state index is 13.3. The van der Waals surface area contributed by atoms with Gasteiger partial charge in [-0.25, -0.2) is 0 Å². The second kappa shape index (κ2) is 9.94. The van der Waals surface area contributed by atoms with Crippen molar-refractivity contribution in [3.05, 3.63) is 70.7 Å². The summed E-state index contributed by atoms with van der Waals surface area (Å²) in [5.74, 6) is 0.842. The van der Waals surface area contributed by atoms with Crippen LogP contribution in [0.4, 0.5) is 0 Å². The van der Waals surface area contributed by atoms with Gasteiger partial charge in [-0.3, -0.25) is 9.59 Å². The highest BCUT2D eigenvalue weighted by molar-refractivity contribution is 6.32. The second-order valence-electron chi connectivity index (χ2n) is 8.79. The van der Waals surface area contributed by atoms with Crippen molar-refractivity contribution < 1.29 is 19.1 Å². The quantitative estimate of drug-likeness (QED) is 0.583. The van der Waals surface area contributed by atoms with E-state index in [1.807, 2.05) is 48.5 Å². The number of likely N-dealkylation sites (tertiary alicyclic amines) is 1. The van der Waals surface area contributed by atoms with E-state index in [4.69, 9.17) is 21.1 Å². The fourth-order valence-corrected chi connectivity index (χ4v) is 4.97. The van der Waals surface area contributed by atoms with Crippen molar-refractivity contribution in [1.82, 2.24) is 10.2 Å². The van der Waals surface area contributed by atoms with Gasteiger partial charge in [0, 0.05) is 31.6 Å². The molecule has 1 saturated heterocycles. The SMILES string of the molecule is O=C(NCc1cc(Cl)c2c(c1)OCCCO2)C1CCCN(C(=O)c2cccc3ccccc23)C1. The average Bonchev–Trinajstić information content (AvgIpc) is 3.12. The zero-order chi connectivity index (χ0) is 23.5. The Balaban J connectivity index is 1.24. The van der Waals surface area contributed by atoms with Crippen molar-refractivity contribution in [1.29, 1.82) is 0 Å². The largest absolute Gasteiger partial charge is 0.489 e. The van der Waals surface area contributed by atoms with Gasteiger partial charge in [-0.15, -0.1) is 0 Å². The summed E-state index contributed by atoms with van der Waals surface area (Å²) in [4.78, 5) is 28.1. The third-order valence-corrected chi connectivity index (χ3v) is 6.71. The highest BCUT2D eigenvalue weighted by atomic mass is 35.5. The monoisotopic (exact) mass is 478 g/mol. The van der Waals surface area contributed by atoms with E-state index in [0.717, 1.165) is 35.6 Å². The number of piperidine rings is 1. The van der Waals surface area contributed by atoms with E-state index in [-0.39, 0.29) is 17.7 Å². The van der Waals surface area contributed by atoms with Gasteiger partial charge in [0.2, 0.25) is 5.91 Å². The molecule has 0 bridgehead atoms. The molecule has 0 spiro atoms. The first-order valence-electron chi connectivity index (χ1n) is 11.7. The van der Waals surface area contributed by atoms with Crippen molar-refractivity contribution in [2.75, 3.05) is 26.3 Å². The molecule has 7 heteroatoms. The average molecular weight is 479 g/mol. The smallest absolute Gasteiger partial charge is 0.254 e. The zero-order valence-electron chi connectivity index (χ0n) is 18.9. The number of nitrogens with one attached hydrogen (secondary N) is 1.